The monoisotopic (exact) mass is 240 g/mol. The van der Waals surface area contributed by atoms with Crippen LogP contribution >= 0.6 is 0 Å². The van der Waals surface area contributed by atoms with Gasteiger partial charge in [-0.3, -0.25) is 0 Å². The molecule has 0 saturated carbocycles. The molecule has 0 amide bonds. The average Bonchev–Trinajstić information content (AvgIpc) is 2.40. The normalized spacial score (nSPS) is 10.4. The molecule has 0 saturated heterocycles. The molecule has 0 aliphatic carbocycles. The molecule has 0 aliphatic rings. The Labute approximate surface area is 102 Å². The van der Waals surface area contributed by atoms with E-state index in [0.717, 1.165) is 0 Å². The number of ether oxygens (including phenoxy) is 1. The summed E-state index contributed by atoms with van der Waals surface area (Å²) in [5.41, 5.74) is 0.0474. The van der Waals surface area contributed by atoms with Crippen LogP contribution < -0.4 is 10.4 Å². The molecule has 1 aromatic carbocycles. The summed E-state index contributed by atoms with van der Waals surface area (Å²) in [5.74, 6) is 0.323. The second-order valence-electron chi connectivity index (χ2n) is 3.55. The fourth-order valence-electron chi connectivity index (χ4n) is 1.54. The maximum atomic E-state index is 11.7. The van der Waals surface area contributed by atoms with Gasteiger partial charge in [-0.05, 0) is 18.2 Å². The van der Waals surface area contributed by atoms with E-state index in [4.69, 9.17) is 9.15 Å². The molecular formula is C13H8N2O3. The van der Waals surface area contributed by atoms with Gasteiger partial charge in [-0.2, -0.15) is 4.98 Å². The van der Waals surface area contributed by atoms with Crippen molar-refractivity contribution >= 4 is 10.9 Å². The Morgan fingerprint density at radius 1 is 1.06 bits per heavy atom. The molecule has 3 rings (SSSR count). The van der Waals surface area contributed by atoms with Gasteiger partial charge in [0.15, 0.2) is 0 Å². The molecule has 2 aromatic heterocycles. The summed E-state index contributed by atoms with van der Waals surface area (Å²) in [5, 5.41) is 0.422. The van der Waals surface area contributed by atoms with Crippen LogP contribution in [0, 0.1) is 0 Å². The van der Waals surface area contributed by atoms with Gasteiger partial charge >= 0.3 is 11.7 Å². The smallest absolute Gasteiger partial charge is 0.392 e. The zero-order chi connectivity index (χ0) is 12.4. The van der Waals surface area contributed by atoms with Crippen LogP contribution in [0.2, 0.25) is 0 Å². The number of pyridine rings is 1. The third kappa shape index (κ3) is 1.93. The van der Waals surface area contributed by atoms with Crippen LogP contribution in [0.15, 0.2) is 57.9 Å². The lowest BCUT2D eigenvalue weighted by atomic mass is 10.2. The maximum Gasteiger partial charge on any atom is 0.404 e. The van der Waals surface area contributed by atoms with Gasteiger partial charge in [0.05, 0.1) is 10.9 Å². The quantitative estimate of drug-likeness (QED) is 0.688. The molecular weight excluding hydrogens is 232 g/mol. The largest absolute Gasteiger partial charge is 0.404 e. The molecule has 88 valence electrons. The topological polar surface area (TPSA) is 65.2 Å². The van der Waals surface area contributed by atoms with Crippen LogP contribution in [0.4, 0.5) is 0 Å². The Bertz CT molecular complexity index is 738. The number of rotatable bonds is 2. The van der Waals surface area contributed by atoms with E-state index in [-0.39, 0.29) is 6.08 Å². The summed E-state index contributed by atoms with van der Waals surface area (Å²) in [6.07, 6.45) is 1.46. The summed E-state index contributed by atoms with van der Waals surface area (Å²) in [6.45, 7) is 0. The molecule has 0 atom stereocenters. The van der Waals surface area contributed by atoms with E-state index in [1.165, 1.54) is 0 Å². The number of hydrogen-bond acceptors (Lipinski definition) is 5. The van der Waals surface area contributed by atoms with Crippen molar-refractivity contribution in [3.63, 3.8) is 0 Å². The summed E-state index contributed by atoms with van der Waals surface area (Å²) in [6, 6.07) is 12.1. The molecule has 2 heterocycles. The first-order valence-electron chi connectivity index (χ1n) is 5.32. The number of aromatic nitrogens is 2. The lowest BCUT2D eigenvalue weighted by Gasteiger charge is -2.01. The number of para-hydroxylation sites is 1. The van der Waals surface area contributed by atoms with E-state index in [1.807, 2.05) is 0 Å². The molecule has 0 spiro atoms. The van der Waals surface area contributed by atoms with Crippen LogP contribution in [0.5, 0.6) is 12.0 Å². The second-order valence-corrected chi connectivity index (χ2v) is 3.55. The van der Waals surface area contributed by atoms with Crippen LogP contribution in [0.1, 0.15) is 0 Å². The first kappa shape index (κ1) is 10.5. The predicted octanol–water partition coefficient (Wildman–Crippen LogP) is 2.38. The SMILES string of the molecule is O=c1oc(Oc2ccccn2)nc2ccccc12. The van der Waals surface area contributed by atoms with Gasteiger partial charge in [-0.25, -0.2) is 9.78 Å². The molecule has 3 aromatic rings. The summed E-state index contributed by atoms with van der Waals surface area (Å²) < 4.78 is 10.2. The highest BCUT2D eigenvalue weighted by Crippen LogP contribution is 2.17. The van der Waals surface area contributed by atoms with E-state index in [1.54, 1.807) is 48.7 Å². The molecule has 0 bridgehead atoms. The van der Waals surface area contributed by atoms with Gasteiger partial charge in [0.25, 0.3) is 0 Å². The summed E-state index contributed by atoms with van der Waals surface area (Å²) in [7, 11) is 0. The lowest BCUT2D eigenvalue weighted by molar-refractivity contribution is 0.299. The fraction of sp³-hybridized carbons (Fsp3) is 0. The zero-order valence-corrected chi connectivity index (χ0v) is 9.24. The Morgan fingerprint density at radius 2 is 1.89 bits per heavy atom. The van der Waals surface area contributed by atoms with E-state index in [9.17, 15) is 4.79 Å². The van der Waals surface area contributed by atoms with Gasteiger partial charge in [-0.1, -0.05) is 18.2 Å². The third-order valence-electron chi connectivity index (χ3n) is 2.35. The highest BCUT2D eigenvalue weighted by Gasteiger charge is 2.07. The van der Waals surface area contributed by atoms with Gasteiger partial charge in [0.1, 0.15) is 0 Å². The molecule has 0 unspecified atom stereocenters. The standard InChI is InChI=1S/C13H8N2O3/c16-12-9-5-1-2-6-10(9)15-13(18-12)17-11-7-3-4-8-14-11/h1-8H. The zero-order valence-electron chi connectivity index (χ0n) is 9.24. The molecule has 5 heteroatoms. The highest BCUT2D eigenvalue weighted by atomic mass is 16.6. The van der Waals surface area contributed by atoms with Gasteiger partial charge in [-0.15, -0.1) is 0 Å². The van der Waals surface area contributed by atoms with Crippen molar-refractivity contribution in [2.24, 2.45) is 0 Å². The van der Waals surface area contributed by atoms with Gasteiger partial charge < -0.3 is 9.15 Å². The molecule has 0 radical (unpaired) electrons. The second kappa shape index (κ2) is 4.29. The third-order valence-corrected chi connectivity index (χ3v) is 2.35. The predicted molar refractivity (Wildman–Crippen MR) is 64.6 cm³/mol. The minimum Gasteiger partial charge on any atom is -0.392 e. The van der Waals surface area contributed by atoms with Crippen molar-refractivity contribution < 1.29 is 9.15 Å². The first-order chi connectivity index (χ1) is 8.83. The molecule has 5 nitrogen and oxygen atoms in total. The van der Waals surface area contributed by atoms with Crippen molar-refractivity contribution in [2.45, 2.75) is 0 Å². The van der Waals surface area contributed by atoms with E-state index >= 15 is 0 Å². The molecule has 0 fully saturated rings. The highest BCUT2D eigenvalue weighted by molar-refractivity contribution is 5.76. The average molecular weight is 240 g/mol. The molecule has 0 aliphatic heterocycles. The fourth-order valence-corrected chi connectivity index (χ4v) is 1.54. The van der Waals surface area contributed by atoms with Crippen LogP contribution in [-0.2, 0) is 0 Å². The Kier molecular flexibility index (Phi) is 2.49. The van der Waals surface area contributed by atoms with Gasteiger partial charge in [0.2, 0.25) is 5.88 Å². The molecule has 18 heavy (non-hydrogen) atoms. The van der Waals surface area contributed by atoms with E-state index < -0.39 is 5.63 Å². The minimum atomic E-state index is -0.480. The van der Waals surface area contributed by atoms with Crippen molar-refractivity contribution in [3.05, 3.63) is 59.1 Å². The Morgan fingerprint density at radius 3 is 2.72 bits per heavy atom. The summed E-state index contributed by atoms with van der Waals surface area (Å²) in [4.78, 5) is 19.7. The number of benzene rings is 1. The van der Waals surface area contributed by atoms with Crippen molar-refractivity contribution in [3.8, 4) is 12.0 Å². The number of hydrogen-bond donors (Lipinski definition) is 0. The van der Waals surface area contributed by atoms with Crippen molar-refractivity contribution in [2.75, 3.05) is 0 Å². The van der Waals surface area contributed by atoms with Gasteiger partial charge in [0, 0.05) is 12.3 Å². The van der Waals surface area contributed by atoms with Crippen LogP contribution in [0.25, 0.3) is 10.9 Å². The van der Waals surface area contributed by atoms with Crippen LogP contribution in [-0.4, -0.2) is 9.97 Å². The Hall–Kier alpha value is -2.69. The van der Waals surface area contributed by atoms with Crippen molar-refractivity contribution in [1.82, 2.24) is 9.97 Å². The van der Waals surface area contributed by atoms with Crippen molar-refractivity contribution in [1.29, 1.82) is 0 Å². The lowest BCUT2D eigenvalue weighted by Crippen LogP contribution is -2.03. The van der Waals surface area contributed by atoms with E-state index in [0.29, 0.717) is 16.8 Å². The number of nitrogens with zero attached hydrogens (tertiary/aromatic N) is 2. The maximum absolute atomic E-state index is 11.7. The Balaban J connectivity index is 2.06. The minimum absolute atomic E-state index is 0.114. The summed E-state index contributed by atoms with van der Waals surface area (Å²) >= 11 is 0. The van der Waals surface area contributed by atoms with E-state index in [2.05, 4.69) is 9.97 Å². The molecule has 0 N–H and O–H groups in total. The first-order valence-corrected chi connectivity index (χ1v) is 5.32. The number of fused-ring (bicyclic) bond motifs is 1. The van der Waals surface area contributed by atoms with Crippen LogP contribution in [0.3, 0.4) is 0 Å².